The lowest BCUT2D eigenvalue weighted by molar-refractivity contribution is 0.305. The third kappa shape index (κ3) is 5.62. The molecule has 0 unspecified atom stereocenters. The Morgan fingerprint density at radius 1 is 1.08 bits per heavy atom. The van der Waals surface area contributed by atoms with E-state index in [9.17, 15) is 4.39 Å². The van der Waals surface area contributed by atoms with Gasteiger partial charge in [-0.2, -0.15) is 4.99 Å². The Morgan fingerprint density at radius 3 is 2.54 bits per heavy atom. The van der Waals surface area contributed by atoms with E-state index < -0.39 is 0 Å². The summed E-state index contributed by atoms with van der Waals surface area (Å²) in [6.07, 6.45) is 3.22. The van der Waals surface area contributed by atoms with E-state index in [0.717, 1.165) is 24.8 Å². The zero-order valence-corrected chi connectivity index (χ0v) is 14.3. The van der Waals surface area contributed by atoms with E-state index in [1.807, 2.05) is 12.1 Å². The van der Waals surface area contributed by atoms with E-state index in [4.69, 9.17) is 4.74 Å². The lowest BCUT2D eigenvalue weighted by atomic mass is 10.1. The van der Waals surface area contributed by atoms with Gasteiger partial charge in [-0.25, -0.2) is 4.39 Å². The Labute approximate surface area is 147 Å². The summed E-state index contributed by atoms with van der Waals surface area (Å²) in [7, 11) is 0. The number of hydrogen-bond donors (Lipinski definition) is 0. The molecule has 0 aromatic heterocycles. The molecule has 2 aromatic rings. The average Bonchev–Trinajstić information content (AvgIpc) is 2.59. The summed E-state index contributed by atoms with van der Waals surface area (Å²) in [5, 5.41) is 2.31. The smallest absolute Gasteiger partial charge is 0.142 e. The molecule has 0 heterocycles. The van der Waals surface area contributed by atoms with Crippen molar-refractivity contribution in [2.45, 2.75) is 26.2 Å². The maximum absolute atomic E-state index is 14.1. The number of nitrogens with zero attached hydrogens (tertiary/aromatic N) is 1. The minimum Gasteiger partial charge on any atom is -0.493 e. The van der Waals surface area contributed by atoms with Gasteiger partial charge in [-0.15, -0.1) is 0 Å². The summed E-state index contributed by atoms with van der Waals surface area (Å²) in [6, 6.07) is 12.0. The fourth-order valence-electron chi connectivity index (χ4n) is 2.04. The second kappa shape index (κ2) is 9.62. The Morgan fingerprint density at radius 2 is 1.88 bits per heavy atom. The van der Waals surface area contributed by atoms with Crippen LogP contribution in [0.5, 0.6) is 5.75 Å². The van der Waals surface area contributed by atoms with Gasteiger partial charge in [0.25, 0.3) is 0 Å². The summed E-state index contributed by atoms with van der Waals surface area (Å²) in [4.78, 5) is 3.87. The van der Waals surface area contributed by atoms with E-state index >= 15 is 0 Å². The summed E-state index contributed by atoms with van der Waals surface area (Å²) < 4.78 is 19.6. The number of halogens is 1. The van der Waals surface area contributed by atoms with Crippen LogP contribution in [0.1, 0.15) is 37.3 Å². The molecule has 0 N–H and O–H groups in total. The van der Waals surface area contributed by atoms with Gasteiger partial charge in [-0.05, 0) is 55.0 Å². The fourth-order valence-corrected chi connectivity index (χ4v) is 2.15. The van der Waals surface area contributed by atoms with E-state index in [1.165, 1.54) is 6.07 Å². The van der Waals surface area contributed by atoms with Crippen LogP contribution in [-0.4, -0.2) is 11.8 Å². The maximum atomic E-state index is 14.1. The molecule has 4 heteroatoms. The summed E-state index contributed by atoms with van der Waals surface area (Å²) >= 11 is 4.55. The van der Waals surface area contributed by atoms with Crippen molar-refractivity contribution in [2.75, 3.05) is 6.61 Å². The molecule has 2 aromatic carbocycles. The number of unbranched alkanes of at least 4 members (excludes halogenated alkanes) is 2. The van der Waals surface area contributed by atoms with Crippen molar-refractivity contribution < 1.29 is 9.13 Å². The lowest BCUT2D eigenvalue weighted by Crippen LogP contribution is -1.97. The molecule has 0 aliphatic carbocycles. The van der Waals surface area contributed by atoms with Gasteiger partial charge in [0, 0.05) is 11.6 Å². The van der Waals surface area contributed by atoms with E-state index in [2.05, 4.69) is 41.1 Å². The summed E-state index contributed by atoms with van der Waals surface area (Å²) in [5.41, 5.74) is 1.83. The Bertz CT molecular complexity index is 784. The van der Waals surface area contributed by atoms with E-state index in [-0.39, 0.29) is 5.82 Å². The van der Waals surface area contributed by atoms with Crippen molar-refractivity contribution in [3.8, 4) is 17.6 Å². The molecule has 0 aliphatic rings. The molecule has 0 amide bonds. The highest BCUT2D eigenvalue weighted by Crippen LogP contribution is 2.17. The number of rotatable bonds is 6. The molecule has 2 rings (SSSR count). The highest BCUT2D eigenvalue weighted by molar-refractivity contribution is 7.78. The first-order valence-corrected chi connectivity index (χ1v) is 8.26. The average molecular weight is 339 g/mol. The molecule has 0 radical (unpaired) electrons. The molecule has 2 nitrogen and oxygen atoms in total. The van der Waals surface area contributed by atoms with Gasteiger partial charge in [0.15, 0.2) is 0 Å². The molecule has 0 atom stereocenters. The summed E-state index contributed by atoms with van der Waals surface area (Å²) in [5.74, 6) is 5.93. The quantitative estimate of drug-likeness (QED) is 0.299. The minimum absolute atomic E-state index is 0.344. The number of thiocarbonyl (C=S) groups is 1. The third-order valence-electron chi connectivity index (χ3n) is 3.34. The Hall–Kier alpha value is -2.47. The second-order valence-corrected chi connectivity index (χ2v) is 5.38. The van der Waals surface area contributed by atoms with Crippen molar-refractivity contribution in [3.63, 3.8) is 0 Å². The first-order chi connectivity index (χ1) is 11.7. The zero-order valence-electron chi connectivity index (χ0n) is 13.5. The summed E-state index contributed by atoms with van der Waals surface area (Å²) in [6.45, 7) is 2.74. The molecule has 0 fully saturated rings. The first-order valence-electron chi connectivity index (χ1n) is 7.85. The van der Waals surface area contributed by atoms with E-state index in [0.29, 0.717) is 23.6 Å². The molecular weight excluding hydrogens is 321 g/mol. The highest BCUT2D eigenvalue weighted by Gasteiger charge is 2.02. The number of benzene rings is 2. The van der Waals surface area contributed by atoms with Crippen LogP contribution in [0.2, 0.25) is 0 Å². The van der Waals surface area contributed by atoms with Crippen molar-refractivity contribution in [2.24, 2.45) is 4.99 Å². The predicted octanol–water partition coefficient (Wildman–Crippen LogP) is 5.53. The normalized spacial score (nSPS) is 9.58. The van der Waals surface area contributed by atoms with Crippen molar-refractivity contribution >= 4 is 23.1 Å². The SMILES string of the molecule is CCCCCOc1ccc(C#Cc2ccc(N=C=S)cc2)c(F)c1. The Balaban J connectivity index is 2.03. The van der Waals surface area contributed by atoms with Gasteiger partial charge in [0.1, 0.15) is 11.6 Å². The van der Waals surface area contributed by atoms with Crippen LogP contribution in [0.4, 0.5) is 10.1 Å². The van der Waals surface area contributed by atoms with Gasteiger partial charge in [0.2, 0.25) is 0 Å². The number of aliphatic imine (C=N–C) groups is 1. The van der Waals surface area contributed by atoms with Gasteiger partial charge in [-0.1, -0.05) is 31.6 Å². The van der Waals surface area contributed by atoms with Gasteiger partial charge in [-0.3, -0.25) is 0 Å². The predicted molar refractivity (Wildman–Crippen MR) is 98.5 cm³/mol. The van der Waals surface area contributed by atoms with Crippen LogP contribution in [-0.2, 0) is 0 Å². The highest BCUT2D eigenvalue weighted by atomic mass is 32.1. The van der Waals surface area contributed by atoms with Crippen LogP contribution in [0, 0.1) is 17.7 Å². The van der Waals surface area contributed by atoms with Gasteiger partial charge >= 0.3 is 0 Å². The second-order valence-electron chi connectivity index (χ2n) is 5.20. The number of ether oxygens (including phenoxy) is 1. The van der Waals surface area contributed by atoms with Crippen molar-refractivity contribution in [1.82, 2.24) is 0 Å². The van der Waals surface area contributed by atoms with E-state index in [1.54, 1.807) is 24.3 Å². The zero-order chi connectivity index (χ0) is 17.2. The largest absolute Gasteiger partial charge is 0.493 e. The Kier molecular flexibility index (Phi) is 7.17. The molecule has 24 heavy (non-hydrogen) atoms. The lowest BCUT2D eigenvalue weighted by Gasteiger charge is -2.06. The first kappa shape index (κ1) is 17.9. The van der Waals surface area contributed by atoms with Crippen LogP contribution >= 0.6 is 12.2 Å². The van der Waals surface area contributed by atoms with Crippen LogP contribution in [0.3, 0.4) is 0 Å². The van der Waals surface area contributed by atoms with Crippen LogP contribution in [0.25, 0.3) is 0 Å². The fraction of sp³-hybridized carbons (Fsp3) is 0.250. The molecule has 122 valence electrons. The number of hydrogen-bond acceptors (Lipinski definition) is 3. The molecular formula is C20H18FNOS. The van der Waals surface area contributed by atoms with Crippen LogP contribution < -0.4 is 4.74 Å². The monoisotopic (exact) mass is 339 g/mol. The number of isothiocyanates is 1. The van der Waals surface area contributed by atoms with Gasteiger partial charge in [0.05, 0.1) is 23.0 Å². The topological polar surface area (TPSA) is 21.6 Å². The standard InChI is InChI=1S/C20H18FNOS/c1-2-3-4-13-23-19-12-9-17(20(21)14-19)8-5-16-6-10-18(11-7-16)22-15-24/h6-7,9-12,14H,2-4,13H2,1H3. The minimum atomic E-state index is -0.377. The third-order valence-corrected chi connectivity index (χ3v) is 3.43. The van der Waals surface area contributed by atoms with Crippen molar-refractivity contribution in [3.05, 3.63) is 59.4 Å². The molecule has 0 saturated carbocycles. The molecule has 0 saturated heterocycles. The molecule has 0 spiro atoms. The molecule has 0 aliphatic heterocycles. The van der Waals surface area contributed by atoms with Crippen LogP contribution in [0.15, 0.2) is 47.5 Å². The van der Waals surface area contributed by atoms with Gasteiger partial charge < -0.3 is 4.74 Å². The molecule has 0 bridgehead atoms. The maximum Gasteiger partial charge on any atom is 0.142 e. The van der Waals surface area contributed by atoms with Crippen molar-refractivity contribution in [1.29, 1.82) is 0 Å².